The summed E-state index contributed by atoms with van der Waals surface area (Å²) in [6, 6.07) is 12.4. The largest absolute Gasteiger partial charge is 0.383 e. The zero-order valence-electron chi connectivity index (χ0n) is 34.9. The number of likely N-dealkylation sites (tertiary alicyclic amines) is 1. The topological polar surface area (TPSA) is 206 Å². The van der Waals surface area contributed by atoms with E-state index in [0.29, 0.717) is 93.6 Å². The summed E-state index contributed by atoms with van der Waals surface area (Å²) in [5.41, 5.74) is 8.30. The number of ether oxygens (including phenoxy) is 4. The highest BCUT2D eigenvalue weighted by Crippen LogP contribution is 2.40. The number of amidine groups is 1. The quantitative estimate of drug-likeness (QED) is 0.0962. The van der Waals surface area contributed by atoms with Gasteiger partial charge in [0.05, 0.1) is 87.6 Å². The van der Waals surface area contributed by atoms with Gasteiger partial charge in [-0.1, -0.05) is 17.7 Å². The van der Waals surface area contributed by atoms with Gasteiger partial charge in [-0.05, 0) is 61.7 Å². The van der Waals surface area contributed by atoms with Gasteiger partial charge in [0.2, 0.25) is 11.8 Å². The number of halogens is 4. The molecule has 1 unspecified atom stereocenters. The molecule has 6 amide bonds. The number of nitrogens with two attached hydrogens (primary N) is 1. The number of rotatable bonds is 19. The lowest BCUT2D eigenvalue weighted by Gasteiger charge is -2.27. The van der Waals surface area contributed by atoms with E-state index in [2.05, 4.69) is 20.9 Å². The summed E-state index contributed by atoms with van der Waals surface area (Å²) in [5.74, 6) is -2.58. The van der Waals surface area contributed by atoms with Crippen LogP contribution in [0.4, 0.5) is 40.7 Å². The molecule has 0 aliphatic carbocycles. The first-order chi connectivity index (χ1) is 30.9. The van der Waals surface area contributed by atoms with Crippen molar-refractivity contribution in [2.75, 3.05) is 95.8 Å². The van der Waals surface area contributed by atoms with Gasteiger partial charge in [0.1, 0.15) is 17.7 Å². The first-order valence-corrected chi connectivity index (χ1v) is 21.2. The molecule has 0 bridgehead atoms. The molecule has 5 N–H and O–H groups in total. The molecule has 4 aliphatic rings. The van der Waals surface area contributed by atoms with E-state index < -0.39 is 48.5 Å². The number of carbonyl (C=O) groups excluding carboxylic acids is 5. The van der Waals surface area contributed by atoms with Crippen LogP contribution in [0.15, 0.2) is 59.6 Å². The molecule has 1 atom stereocenters. The predicted octanol–water partition coefficient (Wildman–Crippen LogP) is 4.60. The molecule has 0 saturated carbocycles. The van der Waals surface area contributed by atoms with E-state index in [9.17, 15) is 37.1 Å². The number of benzene rings is 3. The van der Waals surface area contributed by atoms with E-state index in [1.165, 1.54) is 17.0 Å². The van der Waals surface area contributed by atoms with Gasteiger partial charge in [0.15, 0.2) is 0 Å². The number of nitrogens with one attached hydrogen (secondary N) is 3. The van der Waals surface area contributed by atoms with Crippen molar-refractivity contribution < 1.29 is 56.1 Å². The Kier molecular flexibility index (Phi) is 17.3. The van der Waals surface area contributed by atoms with Crippen molar-refractivity contribution in [3.63, 3.8) is 0 Å². The van der Waals surface area contributed by atoms with Crippen LogP contribution in [0.3, 0.4) is 0 Å². The van der Waals surface area contributed by atoms with Crippen molar-refractivity contribution in [1.82, 2.24) is 20.4 Å². The fourth-order valence-electron chi connectivity index (χ4n) is 7.36. The van der Waals surface area contributed by atoms with Crippen LogP contribution >= 0.6 is 11.6 Å². The number of aliphatic imine (C=N–C) groups is 1. The molecular formula is C43H50ClF3N8O9. The van der Waals surface area contributed by atoms with E-state index in [0.717, 1.165) is 36.9 Å². The zero-order chi connectivity index (χ0) is 45.6. The summed E-state index contributed by atoms with van der Waals surface area (Å²) in [4.78, 5) is 69.8. The summed E-state index contributed by atoms with van der Waals surface area (Å²) in [5, 5.41) is 8.57. The number of alkyl halides is 2. The smallest absolute Gasteiger partial charge is 0.317 e. The number of fused-ring (bicyclic) bond motifs is 3. The number of carbonyl (C=O) groups is 5. The third kappa shape index (κ3) is 12.5. The van der Waals surface area contributed by atoms with Crippen molar-refractivity contribution in [2.24, 2.45) is 10.7 Å². The van der Waals surface area contributed by atoms with Crippen LogP contribution in [-0.4, -0.2) is 143 Å². The van der Waals surface area contributed by atoms with Crippen molar-refractivity contribution >= 4 is 69.8 Å². The molecule has 2 saturated heterocycles. The van der Waals surface area contributed by atoms with Crippen LogP contribution in [0.2, 0.25) is 5.02 Å². The Morgan fingerprint density at radius 2 is 1.50 bits per heavy atom. The van der Waals surface area contributed by atoms with Gasteiger partial charge in [-0.15, -0.1) is 0 Å². The Labute approximate surface area is 372 Å². The Morgan fingerprint density at radius 3 is 2.17 bits per heavy atom. The molecule has 3 aromatic carbocycles. The normalized spacial score (nSPS) is 16.7. The van der Waals surface area contributed by atoms with Crippen molar-refractivity contribution in [3.05, 3.63) is 82.1 Å². The highest BCUT2D eigenvalue weighted by Gasteiger charge is 2.45. The van der Waals surface area contributed by atoms with Crippen molar-refractivity contribution in [1.29, 1.82) is 0 Å². The second-order valence-electron chi connectivity index (χ2n) is 14.8. The Hall–Kier alpha value is -5.80. The lowest BCUT2D eigenvalue weighted by molar-refractivity contribution is -0.136. The van der Waals surface area contributed by atoms with Crippen molar-refractivity contribution in [3.8, 4) is 0 Å². The number of anilines is 3. The SMILES string of the molecule is NC1=Nc2cc(F)ccc2N(CC(F)F)c2ccc(Cl)cc21.O=C1CCC(N2C(=O)c3cccc(NCCOCCOCCOCCOCCNC(=O)N4CCCC4)c3C2=O)C(=O)N1. The van der Waals surface area contributed by atoms with Crippen LogP contribution in [0.25, 0.3) is 0 Å². The van der Waals surface area contributed by atoms with Crippen LogP contribution < -0.4 is 26.6 Å². The maximum absolute atomic E-state index is 13.4. The molecule has 7 rings (SSSR count). The molecule has 4 heterocycles. The first-order valence-electron chi connectivity index (χ1n) is 20.8. The maximum Gasteiger partial charge on any atom is 0.317 e. The number of imide groups is 2. The molecule has 2 fully saturated rings. The molecule has 21 heteroatoms. The summed E-state index contributed by atoms with van der Waals surface area (Å²) in [6.07, 6.45) is -0.271. The van der Waals surface area contributed by atoms with E-state index in [1.54, 1.807) is 36.4 Å². The molecule has 344 valence electrons. The number of piperidine rings is 1. The zero-order valence-corrected chi connectivity index (χ0v) is 35.7. The lowest BCUT2D eigenvalue weighted by atomic mass is 10.0. The molecule has 0 radical (unpaired) electrons. The fraction of sp³-hybridized carbons (Fsp3) is 0.442. The van der Waals surface area contributed by atoms with Gasteiger partial charge >= 0.3 is 6.03 Å². The van der Waals surface area contributed by atoms with Gasteiger partial charge in [0, 0.05) is 54.9 Å². The number of urea groups is 1. The van der Waals surface area contributed by atoms with E-state index >= 15 is 0 Å². The minimum atomic E-state index is -2.58. The Morgan fingerprint density at radius 1 is 0.844 bits per heavy atom. The van der Waals surface area contributed by atoms with Crippen LogP contribution in [0, 0.1) is 5.82 Å². The predicted molar refractivity (Wildman–Crippen MR) is 230 cm³/mol. The summed E-state index contributed by atoms with van der Waals surface area (Å²) < 4.78 is 61.4. The van der Waals surface area contributed by atoms with Crippen molar-refractivity contribution in [2.45, 2.75) is 38.2 Å². The fourth-order valence-corrected chi connectivity index (χ4v) is 7.53. The van der Waals surface area contributed by atoms with Gasteiger partial charge in [0.25, 0.3) is 18.2 Å². The molecular weight excluding hydrogens is 865 g/mol. The molecule has 17 nitrogen and oxygen atoms in total. The number of amides is 6. The average molecular weight is 915 g/mol. The summed E-state index contributed by atoms with van der Waals surface area (Å²) in [7, 11) is 0. The summed E-state index contributed by atoms with van der Waals surface area (Å²) in [6.45, 7) is 5.24. The third-order valence-electron chi connectivity index (χ3n) is 10.4. The van der Waals surface area contributed by atoms with E-state index in [4.69, 9.17) is 36.3 Å². The molecule has 64 heavy (non-hydrogen) atoms. The third-order valence-corrected chi connectivity index (χ3v) is 10.6. The van der Waals surface area contributed by atoms with Gasteiger partial charge < -0.3 is 45.1 Å². The van der Waals surface area contributed by atoms with E-state index in [1.807, 2.05) is 4.90 Å². The van der Waals surface area contributed by atoms with Gasteiger partial charge in [-0.25, -0.2) is 23.0 Å². The number of hydrogen-bond donors (Lipinski definition) is 4. The van der Waals surface area contributed by atoms with Gasteiger partial charge in [-0.2, -0.15) is 0 Å². The minimum Gasteiger partial charge on any atom is -0.383 e. The van der Waals surface area contributed by atoms with Crippen LogP contribution in [0.1, 0.15) is 52.0 Å². The highest BCUT2D eigenvalue weighted by atomic mass is 35.5. The van der Waals surface area contributed by atoms with E-state index in [-0.39, 0.29) is 41.5 Å². The maximum atomic E-state index is 13.4. The monoisotopic (exact) mass is 914 g/mol. The first kappa shape index (κ1) is 47.7. The molecule has 4 aliphatic heterocycles. The second-order valence-corrected chi connectivity index (χ2v) is 15.2. The second kappa shape index (κ2) is 23.2. The molecule has 0 spiro atoms. The van der Waals surface area contributed by atoms with Gasteiger partial charge in [-0.3, -0.25) is 29.4 Å². The minimum absolute atomic E-state index is 0.0293. The average Bonchev–Trinajstić information content (AvgIpc) is 3.88. The summed E-state index contributed by atoms with van der Waals surface area (Å²) >= 11 is 5.95. The highest BCUT2D eigenvalue weighted by molar-refractivity contribution is 6.31. The van der Waals surface area contributed by atoms with Crippen LogP contribution in [-0.2, 0) is 28.5 Å². The Bertz CT molecular complexity index is 2200. The lowest BCUT2D eigenvalue weighted by Crippen LogP contribution is -2.54. The molecule has 0 aromatic heterocycles. The van der Waals surface area contributed by atoms with Crippen LogP contribution in [0.5, 0.6) is 0 Å². The molecule has 3 aromatic rings. The Balaban J connectivity index is 0.000000258. The number of nitrogens with zero attached hydrogens (tertiary/aromatic N) is 4. The standard InChI is InChI=1S/C28H39N5O9.C15H11ClF3N3/c34-23-7-6-22(25(35)31-23)33-26(36)20-4-3-5-21(24(20)27(33)37)29-8-12-39-14-16-41-18-19-42-17-15-40-13-9-30-28(38)32-10-1-2-11-32;16-8-1-3-12-10(5-8)15(20)21-11-6-9(17)2-4-13(11)22(12)7-14(18)19/h3-5,22,29H,1-2,6-19H2,(H,30,38)(H,31,34,35);1-6,14H,7H2,(H2,20,21). The number of hydrogen-bond acceptors (Lipinski definition) is 13.